The Bertz CT molecular complexity index is 440. The van der Waals surface area contributed by atoms with Gasteiger partial charge >= 0.3 is 0 Å². The number of nitrogens with zero attached hydrogens (tertiary/aromatic N) is 2. The molecule has 3 rings (SSSR count). The Labute approximate surface area is 88.4 Å². The van der Waals surface area contributed by atoms with Crippen LogP contribution in [0.2, 0.25) is 0 Å². The first-order valence-corrected chi connectivity index (χ1v) is 5.44. The topological polar surface area (TPSA) is 37.5 Å². The highest BCUT2D eigenvalue weighted by Gasteiger charge is 2.26. The second-order valence-electron chi connectivity index (χ2n) is 4.33. The van der Waals surface area contributed by atoms with Gasteiger partial charge in [0.25, 0.3) is 0 Å². The Morgan fingerprint density at radius 1 is 1.47 bits per heavy atom. The number of hydrogen-bond donors (Lipinski definition) is 1. The molecule has 2 heterocycles. The van der Waals surface area contributed by atoms with E-state index in [1.165, 1.54) is 12.8 Å². The van der Waals surface area contributed by atoms with Gasteiger partial charge in [-0.15, -0.1) is 0 Å². The predicted octanol–water partition coefficient (Wildman–Crippen LogP) is 2.17. The van der Waals surface area contributed by atoms with Crippen molar-refractivity contribution in [3.63, 3.8) is 0 Å². The zero-order valence-electron chi connectivity index (χ0n) is 8.50. The van der Waals surface area contributed by atoms with Gasteiger partial charge in [0.1, 0.15) is 5.65 Å². The fourth-order valence-electron chi connectivity index (χ4n) is 1.90. The Morgan fingerprint density at radius 2 is 2.33 bits per heavy atom. The molecule has 3 heteroatoms. The van der Waals surface area contributed by atoms with Crippen molar-refractivity contribution in [3.8, 4) is 0 Å². The summed E-state index contributed by atoms with van der Waals surface area (Å²) in [6, 6.07) is 5.87. The van der Waals surface area contributed by atoms with Crippen LogP contribution in [0.3, 0.4) is 0 Å². The molecule has 15 heavy (non-hydrogen) atoms. The molecule has 2 aromatic rings. The average Bonchev–Trinajstić information content (AvgIpc) is 2.95. The highest BCUT2D eigenvalue weighted by Crippen LogP contribution is 2.37. The summed E-state index contributed by atoms with van der Waals surface area (Å²) in [5, 5.41) is 9.96. The molecule has 1 aliphatic carbocycles. The minimum atomic E-state index is -0.391. The average molecular weight is 202 g/mol. The number of hydrogen-bond acceptors (Lipinski definition) is 2. The SMILES string of the molecule is OC(CC1CC1)c1cn2ccccc2n1. The summed E-state index contributed by atoms with van der Waals surface area (Å²) in [7, 11) is 0. The quantitative estimate of drug-likeness (QED) is 0.828. The molecule has 0 amide bonds. The molecule has 1 aliphatic rings. The summed E-state index contributed by atoms with van der Waals surface area (Å²) in [4.78, 5) is 4.41. The van der Waals surface area contributed by atoms with Crippen molar-refractivity contribution in [2.75, 3.05) is 0 Å². The Morgan fingerprint density at radius 3 is 3.07 bits per heavy atom. The van der Waals surface area contributed by atoms with Crippen LogP contribution < -0.4 is 0 Å². The van der Waals surface area contributed by atoms with Gasteiger partial charge in [-0.3, -0.25) is 0 Å². The maximum atomic E-state index is 9.96. The summed E-state index contributed by atoms with van der Waals surface area (Å²) in [6.45, 7) is 0. The molecule has 3 nitrogen and oxygen atoms in total. The lowest BCUT2D eigenvalue weighted by Gasteiger charge is -2.04. The van der Waals surface area contributed by atoms with Gasteiger partial charge in [-0.2, -0.15) is 0 Å². The number of imidazole rings is 1. The first kappa shape index (κ1) is 8.92. The van der Waals surface area contributed by atoms with E-state index in [4.69, 9.17) is 0 Å². The lowest BCUT2D eigenvalue weighted by atomic mass is 10.1. The number of aliphatic hydroxyl groups excluding tert-OH is 1. The van der Waals surface area contributed by atoms with Gasteiger partial charge < -0.3 is 9.51 Å². The van der Waals surface area contributed by atoms with Crippen molar-refractivity contribution in [2.45, 2.75) is 25.4 Å². The van der Waals surface area contributed by atoms with E-state index in [-0.39, 0.29) is 0 Å². The molecule has 1 fully saturated rings. The highest BCUT2D eigenvalue weighted by molar-refractivity contribution is 5.39. The molecule has 78 valence electrons. The molecule has 1 unspecified atom stereocenters. The van der Waals surface area contributed by atoms with Gasteiger partial charge in [0.2, 0.25) is 0 Å². The van der Waals surface area contributed by atoms with Crippen LogP contribution in [0, 0.1) is 5.92 Å². The van der Waals surface area contributed by atoms with Crippen molar-refractivity contribution in [1.82, 2.24) is 9.38 Å². The third-order valence-corrected chi connectivity index (χ3v) is 2.98. The second kappa shape index (κ2) is 3.35. The van der Waals surface area contributed by atoms with Crippen molar-refractivity contribution >= 4 is 5.65 Å². The number of fused-ring (bicyclic) bond motifs is 1. The number of pyridine rings is 1. The molecule has 1 saturated carbocycles. The Kier molecular flexibility index (Phi) is 1.99. The van der Waals surface area contributed by atoms with Crippen molar-refractivity contribution in [2.24, 2.45) is 5.92 Å². The standard InChI is InChI=1S/C12H14N2O/c15-11(7-9-4-5-9)10-8-14-6-2-1-3-12(14)13-10/h1-3,6,8-9,11,15H,4-5,7H2. The summed E-state index contributed by atoms with van der Waals surface area (Å²) >= 11 is 0. The van der Waals surface area contributed by atoms with Crippen molar-refractivity contribution < 1.29 is 5.11 Å². The highest BCUT2D eigenvalue weighted by atomic mass is 16.3. The first-order chi connectivity index (χ1) is 7.33. The monoisotopic (exact) mass is 202 g/mol. The molecule has 0 bridgehead atoms. The van der Waals surface area contributed by atoms with E-state index in [1.807, 2.05) is 35.0 Å². The summed E-state index contributed by atoms with van der Waals surface area (Å²) < 4.78 is 1.95. The number of aromatic nitrogens is 2. The van der Waals surface area contributed by atoms with E-state index in [1.54, 1.807) is 0 Å². The van der Waals surface area contributed by atoms with Gasteiger partial charge in [-0.1, -0.05) is 18.9 Å². The third-order valence-electron chi connectivity index (χ3n) is 2.98. The molecule has 0 aromatic carbocycles. The summed E-state index contributed by atoms with van der Waals surface area (Å²) in [6.07, 6.45) is 6.88. The largest absolute Gasteiger partial charge is 0.387 e. The minimum Gasteiger partial charge on any atom is -0.387 e. The summed E-state index contributed by atoms with van der Waals surface area (Å²) in [5.41, 5.74) is 1.70. The molecule has 0 spiro atoms. The number of rotatable bonds is 3. The summed E-state index contributed by atoms with van der Waals surface area (Å²) in [5.74, 6) is 0.727. The lowest BCUT2D eigenvalue weighted by Crippen LogP contribution is -1.98. The van der Waals surface area contributed by atoms with E-state index < -0.39 is 6.10 Å². The maximum absolute atomic E-state index is 9.96. The van der Waals surface area contributed by atoms with Crippen LogP contribution in [0.5, 0.6) is 0 Å². The van der Waals surface area contributed by atoms with Gasteiger partial charge in [0.15, 0.2) is 0 Å². The van der Waals surface area contributed by atoms with Crippen LogP contribution in [0.15, 0.2) is 30.6 Å². The lowest BCUT2D eigenvalue weighted by molar-refractivity contribution is 0.156. The molecule has 0 aliphatic heterocycles. The molecule has 0 saturated heterocycles. The van der Waals surface area contributed by atoms with Crippen molar-refractivity contribution in [1.29, 1.82) is 0 Å². The molecular weight excluding hydrogens is 188 g/mol. The Balaban J connectivity index is 1.89. The zero-order valence-corrected chi connectivity index (χ0v) is 8.50. The zero-order chi connectivity index (χ0) is 10.3. The molecule has 1 N–H and O–H groups in total. The van der Waals surface area contributed by atoms with E-state index in [9.17, 15) is 5.11 Å². The van der Waals surface area contributed by atoms with Gasteiger partial charge in [-0.25, -0.2) is 4.98 Å². The van der Waals surface area contributed by atoms with E-state index >= 15 is 0 Å². The van der Waals surface area contributed by atoms with E-state index in [0.29, 0.717) is 0 Å². The van der Waals surface area contributed by atoms with Crippen LogP contribution in [0.4, 0.5) is 0 Å². The number of aliphatic hydroxyl groups is 1. The fraction of sp³-hybridized carbons (Fsp3) is 0.417. The van der Waals surface area contributed by atoms with E-state index in [0.717, 1.165) is 23.7 Å². The second-order valence-corrected chi connectivity index (χ2v) is 4.33. The van der Waals surface area contributed by atoms with Gasteiger partial charge in [-0.05, 0) is 24.5 Å². The molecule has 0 radical (unpaired) electrons. The van der Waals surface area contributed by atoms with E-state index in [2.05, 4.69) is 4.98 Å². The van der Waals surface area contributed by atoms with Crippen LogP contribution in [-0.4, -0.2) is 14.5 Å². The van der Waals surface area contributed by atoms with Crippen molar-refractivity contribution in [3.05, 3.63) is 36.3 Å². The van der Waals surface area contributed by atoms with Gasteiger partial charge in [0, 0.05) is 12.4 Å². The molecular formula is C12H14N2O. The first-order valence-electron chi connectivity index (χ1n) is 5.44. The molecule has 2 aromatic heterocycles. The van der Waals surface area contributed by atoms with Gasteiger partial charge in [0.05, 0.1) is 11.8 Å². The maximum Gasteiger partial charge on any atom is 0.137 e. The van der Waals surface area contributed by atoms with Crippen LogP contribution in [0.1, 0.15) is 31.1 Å². The third kappa shape index (κ3) is 1.75. The molecule has 1 atom stereocenters. The Hall–Kier alpha value is -1.35. The normalized spacial score (nSPS) is 18.2. The predicted molar refractivity (Wildman–Crippen MR) is 57.5 cm³/mol. The minimum absolute atomic E-state index is 0.391. The van der Waals surface area contributed by atoms with Crippen LogP contribution >= 0.6 is 0 Å². The fourth-order valence-corrected chi connectivity index (χ4v) is 1.90. The van der Waals surface area contributed by atoms with Crippen LogP contribution in [-0.2, 0) is 0 Å². The smallest absolute Gasteiger partial charge is 0.137 e. The van der Waals surface area contributed by atoms with Crippen LogP contribution in [0.25, 0.3) is 5.65 Å².